The van der Waals surface area contributed by atoms with Gasteiger partial charge in [0, 0.05) is 17.1 Å². The molecule has 0 aliphatic heterocycles. The Labute approximate surface area is 155 Å². The number of halogens is 3. The lowest BCUT2D eigenvalue weighted by Crippen LogP contribution is -2.16. The van der Waals surface area contributed by atoms with E-state index in [1.54, 1.807) is 25.3 Å². The molecule has 0 amide bonds. The summed E-state index contributed by atoms with van der Waals surface area (Å²) in [7, 11) is 0. The van der Waals surface area contributed by atoms with Gasteiger partial charge in [-0.2, -0.15) is 10.1 Å². The largest absolute Gasteiger partial charge is 0.573 e. The predicted octanol–water partition coefficient (Wildman–Crippen LogP) is 3.64. The van der Waals surface area contributed by atoms with Crippen molar-refractivity contribution < 1.29 is 17.9 Å². The standard InChI is InChI=1S/C17H12F3N7O/c1-9(12-4-2-3-7-21-12)24-26-16-23-15-14(25-27-16)11-8-10(28-17(18,19)20)5-6-13(11)22-15/h2-8H,1H3,(H2,22,23,26,27). The van der Waals surface area contributed by atoms with E-state index in [1.165, 1.54) is 18.2 Å². The fourth-order valence-electron chi connectivity index (χ4n) is 2.56. The summed E-state index contributed by atoms with van der Waals surface area (Å²) in [6, 6.07) is 9.34. The molecule has 11 heteroatoms. The van der Waals surface area contributed by atoms with Gasteiger partial charge in [-0.15, -0.1) is 23.4 Å². The Morgan fingerprint density at radius 1 is 1.18 bits per heavy atom. The molecule has 3 aromatic heterocycles. The van der Waals surface area contributed by atoms with Crippen molar-refractivity contribution in [1.82, 2.24) is 25.1 Å². The second kappa shape index (κ2) is 6.76. The van der Waals surface area contributed by atoms with Crippen molar-refractivity contribution >= 4 is 33.7 Å². The minimum absolute atomic E-state index is 0.126. The molecule has 3 heterocycles. The van der Waals surface area contributed by atoms with Crippen molar-refractivity contribution in [2.75, 3.05) is 5.43 Å². The number of ether oxygens (including phenoxy) is 1. The first-order valence-corrected chi connectivity index (χ1v) is 8.03. The Balaban J connectivity index is 1.63. The van der Waals surface area contributed by atoms with Gasteiger partial charge in [0.05, 0.1) is 11.4 Å². The van der Waals surface area contributed by atoms with E-state index in [1.807, 2.05) is 6.07 Å². The first-order chi connectivity index (χ1) is 13.4. The molecule has 4 rings (SSSR count). The van der Waals surface area contributed by atoms with Gasteiger partial charge in [-0.1, -0.05) is 6.07 Å². The number of hydrogen-bond acceptors (Lipinski definition) is 7. The average molecular weight is 387 g/mol. The van der Waals surface area contributed by atoms with Gasteiger partial charge < -0.3 is 9.72 Å². The number of alkyl halides is 3. The maximum absolute atomic E-state index is 12.4. The van der Waals surface area contributed by atoms with Crippen LogP contribution < -0.4 is 10.2 Å². The number of hydrogen-bond donors (Lipinski definition) is 2. The number of rotatable bonds is 4. The van der Waals surface area contributed by atoms with Crippen molar-refractivity contribution in [3.8, 4) is 5.75 Å². The number of pyridine rings is 1. The van der Waals surface area contributed by atoms with E-state index in [0.717, 1.165) is 0 Å². The van der Waals surface area contributed by atoms with Crippen molar-refractivity contribution in [3.63, 3.8) is 0 Å². The number of anilines is 1. The molecule has 1 aromatic carbocycles. The molecule has 0 spiro atoms. The number of fused-ring (bicyclic) bond motifs is 3. The second-order valence-electron chi connectivity index (χ2n) is 5.74. The Kier molecular flexibility index (Phi) is 4.26. The van der Waals surface area contributed by atoms with E-state index in [2.05, 4.69) is 40.4 Å². The van der Waals surface area contributed by atoms with E-state index >= 15 is 0 Å². The molecule has 8 nitrogen and oxygen atoms in total. The summed E-state index contributed by atoms with van der Waals surface area (Å²) in [5, 5.41) is 12.5. The molecule has 0 radical (unpaired) electrons. The fourth-order valence-corrected chi connectivity index (χ4v) is 2.56. The molecule has 0 bridgehead atoms. The minimum Gasteiger partial charge on any atom is -0.406 e. The van der Waals surface area contributed by atoms with Crippen LogP contribution in [-0.4, -0.2) is 37.2 Å². The van der Waals surface area contributed by atoms with Gasteiger partial charge in [0.25, 0.3) is 5.95 Å². The first-order valence-electron chi connectivity index (χ1n) is 8.03. The smallest absolute Gasteiger partial charge is 0.406 e. The molecule has 2 N–H and O–H groups in total. The van der Waals surface area contributed by atoms with Gasteiger partial charge in [0.15, 0.2) is 5.65 Å². The minimum atomic E-state index is -4.77. The molecular weight excluding hydrogens is 375 g/mol. The Bertz CT molecular complexity index is 1170. The number of aromatic nitrogens is 5. The summed E-state index contributed by atoms with van der Waals surface area (Å²) >= 11 is 0. The first kappa shape index (κ1) is 17.6. The summed E-state index contributed by atoms with van der Waals surface area (Å²) in [5.41, 5.74) is 5.22. The summed E-state index contributed by atoms with van der Waals surface area (Å²) < 4.78 is 41.2. The van der Waals surface area contributed by atoms with E-state index in [9.17, 15) is 13.2 Å². The third-order valence-corrected chi connectivity index (χ3v) is 3.78. The van der Waals surface area contributed by atoms with Crippen LogP contribution in [0.25, 0.3) is 22.1 Å². The quantitative estimate of drug-likeness (QED) is 0.410. The van der Waals surface area contributed by atoms with Gasteiger partial charge in [-0.3, -0.25) is 4.98 Å². The van der Waals surface area contributed by atoms with Crippen molar-refractivity contribution in [3.05, 3.63) is 48.3 Å². The van der Waals surface area contributed by atoms with Crippen LogP contribution in [0.2, 0.25) is 0 Å². The van der Waals surface area contributed by atoms with Gasteiger partial charge in [-0.25, -0.2) is 5.43 Å². The zero-order chi connectivity index (χ0) is 19.7. The zero-order valence-electron chi connectivity index (χ0n) is 14.3. The molecule has 142 valence electrons. The van der Waals surface area contributed by atoms with Crippen molar-refractivity contribution in [2.24, 2.45) is 5.10 Å². The Morgan fingerprint density at radius 2 is 2.04 bits per heavy atom. The number of nitrogens with zero attached hydrogens (tertiary/aromatic N) is 5. The maximum atomic E-state index is 12.4. The van der Waals surface area contributed by atoms with Crippen LogP contribution in [0.15, 0.2) is 47.7 Å². The fraction of sp³-hybridized carbons (Fsp3) is 0.118. The third-order valence-electron chi connectivity index (χ3n) is 3.78. The SMILES string of the molecule is CC(=NNc1nnc2c(n1)[nH]c1ccc(OC(F)(F)F)cc12)c1ccccn1. The summed E-state index contributed by atoms with van der Waals surface area (Å²) in [6.45, 7) is 1.77. The monoisotopic (exact) mass is 387 g/mol. The third kappa shape index (κ3) is 3.68. The van der Waals surface area contributed by atoms with E-state index in [4.69, 9.17) is 0 Å². The number of hydrazone groups is 1. The lowest BCUT2D eigenvalue weighted by Gasteiger charge is -2.08. The highest BCUT2D eigenvalue weighted by Crippen LogP contribution is 2.29. The van der Waals surface area contributed by atoms with Crippen LogP contribution in [0.1, 0.15) is 12.6 Å². The molecule has 0 unspecified atom stereocenters. The number of aromatic amines is 1. The van der Waals surface area contributed by atoms with Crippen LogP contribution in [0, 0.1) is 0 Å². The highest BCUT2D eigenvalue weighted by Gasteiger charge is 2.31. The zero-order valence-corrected chi connectivity index (χ0v) is 14.3. The molecule has 0 saturated heterocycles. The summed E-state index contributed by atoms with van der Waals surface area (Å²) in [5.74, 6) is -0.221. The number of H-pyrrole nitrogens is 1. The lowest BCUT2D eigenvalue weighted by atomic mass is 10.2. The number of nitrogens with one attached hydrogen (secondary N) is 2. The molecule has 0 aliphatic carbocycles. The summed E-state index contributed by atoms with van der Waals surface area (Å²) in [6.07, 6.45) is -3.12. The second-order valence-corrected chi connectivity index (χ2v) is 5.74. The maximum Gasteiger partial charge on any atom is 0.573 e. The summed E-state index contributed by atoms with van der Waals surface area (Å²) in [4.78, 5) is 11.4. The molecule has 0 aliphatic rings. The highest BCUT2D eigenvalue weighted by molar-refractivity contribution is 6.04. The Morgan fingerprint density at radius 3 is 2.79 bits per heavy atom. The molecular formula is C17H12F3N7O. The topological polar surface area (TPSA) is 101 Å². The lowest BCUT2D eigenvalue weighted by molar-refractivity contribution is -0.274. The number of benzene rings is 1. The van der Waals surface area contributed by atoms with E-state index < -0.39 is 6.36 Å². The van der Waals surface area contributed by atoms with Crippen molar-refractivity contribution in [2.45, 2.75) is 13.3 Å². The van der Waals surface area contributed by atoms with Gasteiger partial charge >= 0.3 is 6.36 Å². The normalized spacial score (nSPS) is 12.5. The van der Waals surface area contributed by atoms with Crippen LogP contribution in [0.4, 0.5) is 19.1 Å². The van der Waals surface area contributed by atoms with Gasteiger partial charge in [-0.05, 0) is 37.3 Å². The molecule has 0 saturated carbocycles. The van der Waals surface area contributed by atoms with E-state index in [-0.39, 0.29) is 11.7 Å². The van der Waals surface area contributed by atoms with Gasteiger partial charge in [0.1, 0.15) is 11.3 Å². The van der Waals surface area contributed by atoms with Crippen LogP contribution in [0.3, 0.4) is 0 Å². The average Bonchev–Trinajstić information content (AvgIpc) is 3.02. The van der Waals surface area contributed by atoms with Crippen molar-refractivity contribution in [1.29, 1.82) is 0 Å². The van der Waals surface area contributed by atoms with Gasteiger partial charge in [0.2, 0.25) is 0 Å². The highest BCUT2D eigenvalue weighted by atomic mass is 19.4. The molecule has 4 aromatic rings. The van der Waals surface area contributed by atoms with E-state index in [0.29, 0.717) is 33.5 Å². The van der Waals surface area contributed by atoms with Crippen LogP contribution in [-0.2, 0) is 0 Å². The van der Waals surface area contributed by atoms with Crippen LogP contribution >= 0.6 is 0 Å². The molecule has 0 fully saturated rings. The Hall–Kier alpha value is -3.76. The molecule has 0 atom stereocenters. The van der Waals surface area contributed by atoms with Crippen LogP contribution in [0.5, 0.6) is 5.75 Å². The predicted molar refractivity (Wildman–Crippen MR) is 95.9 cm³/mol. The molecule has 28 heavy (non-hydrogen) atoms.